The summed E-state index contributed by atoms with van der Waals surface area (Å²) in [7, 11) is 0. The van der Waals surface area contributed by atoms with E-state index in [1.165, 1.54) is 0 Å². The van der Waals surface area contributed by atoms with Crippen LogP contribution < -0.4 is 4.74 Å². The third-order valence-electron chi connectivity index (χ3n) is 2.60. The monoisotopic (exact) mass is 204 g/mol. The van der Waals surface area contributed by atoms with Crippen molar-refractivity contribution in [3.8, 4) is 5.75 Å². The van der Waals surface area contributed by atoms with Crippen LogP contribution in [0.2, 0.25) is 0 Å². The summed E-state index contributed by atoms with van der Waals surface area (Å²) in [5.41, 5.74) is 0.963. The molecule has 2 unspecified atom stereocenters. The van der Waals surface area contributed by atoms with Crippen LogP contribution in [0.1, 0.15) is 17.9 Å². The molecule has 0 aliphatic carbocycles. The highest BCUT2D eigenvalue weighted by Crippen LogP contribution is 2.40. The van der Waals surface area contributed by atoms with Gasteiger partial charge >= 0.3 is 5.97 Å². The number of hydrogen-bond acceptors (Lipinski definition) is 2. The highest BCUT2D eigenvalue weighted by atomic mass is 16.5. The fourth-order valence-corrected chi connectivity index (χ4v) is 1.93. The number of fused-ring (bicyclic) bond motifs is 1. The molecule has 0 bridgehead atoms. The van der Waals surface area contributed by atoms with Crippen molar-refractivity contribution in [2.45, 2.75) is 18.4 Å². The summed E-state index contributed by atoms with van der Waals surface area (Å²) in [6.45, 7) is 3.67. The first-order chi connectivity index (χ1) is 7.22. The van der Waals surface area contributed by atoms with Crippen molar-refractivity contribution in [1.29, 1.82) is 0 Å². The van der Waals surface area contributed by atoms with E-state index in [1.807, 2.05) is 24.3 Å². The fourth-order valence-electron chi connectivity index (χ4n) is 1.93. The summed E-state index contributed by atoms with van der Waals surface area (Å²) < 4.78 is 5.59. The Kier molecular flexibility index (Phi) is 2.46. The fraction of sp³-hybridized carbons (Fsp3) is 0.250. The van der Waals surface area contributed by atoms with Crippen LogP contribution in [0.15, 0.2) is 36.9 Å². The van der Waals surface area contributed by atoms with Crippen LogP contribution in [-0.4, -0.2) is 17.2 Å². The number of ether oxygens (including phenoxy) is 1. The van der Waals surface area contributed by atoms with Gasteiger partial charge in [0.2, 0.25) is 0 Å². The molecule has 0 spiro atoms. The lowest BCUT2D eigenvalue weighted by Crippen LogP contribution is -2.18. The van der Waals surface area contributed by atoms with Crippen molar-refractivity contribution in [2.24, 2.45) is 0 Å². The molecule has 1 heterocycles. The number of rotatable bonds is 3. The quantitative estimate of drug-likeness (QED) is 0.768. The van der Waals surface area contributed by atoms with Crippen LogP contribution in [0.25, 0.3) is 0 Å². The van der Waals surface area contributed by atoms with Crippen molar-refractivity contribution in [2.75, 3.05) is 0 Å². The largest absolute Gasteiger partial charge is 0.485 e. The lowest BCUT2D eigenvalue weighted by atomic mass is 9.92. The van der Waals surface area contributed by atoms with Crippen LogP contribution >= 0.6 is 0 Å². The standard InChI is InChI=1S/C12H12O3/c1-2-10-9(7-12(13)14)8-5-3-4-6-11(8)15-10/h2-6,9-10H,1,7H2,(H,13,14). The number of aliphatic carboxylic acids is 1. The first kappa shape index (κ1) is 9.77. The van der Waals surface area contributed by atoms with Crippen molar-refractivity contribution >= 4 is 5.97 Å². The van der Waals surface area contributed by atoms with Gasteiger partial charge in [-0.15, -0.1) is 0 Å². The van der Waals surface area contributed by atoms with Crippen LogP contribution in [0.5, 0.6) is 5.75 Å². The van der Waals surface area contributed by atoms with Crippen molar-refractivity contribution < 1.29 is 14.6 Å². The summed E-state index contributed by atoms with van der Waals surface area (Å²) in [6, 6.07) is 7.53. The van der Waals surface area contributed by atoms with Gasteiger partial charge in [-0.3, -0.25) is 4.79 Å². The second-order valence-corrected chi connectivity index (χ2v) is 3.56. The van der Waals surface area contributed by atoms with Crippen molar-refractivity contribution in [1.82, 2.24) is 0 Å². The van der Waals surface area contributed by atoms with E-state index in [9.17, 15) is 4.79 Å². The Balaban J connectivity index is 2.33. The molecule has 0 fully saturated rings. The zero-order valence-corrected chi connectivity index (χ0v) is 8.22. The van der Waals surface area contributed by atoms with Crippen molar-refractivity contribution in [3.63, 3.8) is 0 Å². The van der Waals surface area contributed by atoms with E-state index in [-0.39, 0.29) is 18.4 Å². The minimum Gasteiger partial charge on any atom is -0.485 e. The predicted molar refractivity (Wildman–Crippen MR) is 56.0 cm³/mol. The maximum Gasteiger partial charge on any atom is 0.304 e. The van der Waals surface area contributed by atoms with E-state index in [1.54, 1.807) is 6.08 Å². The van der Waals surface area contributed by atoms with Gasteiger partial charge in [-0.05, 0) is 6.07 Å². The number of carbonyl (C=O) groups is 1. The number of carboxylic acid groups (broad SMARTS) is 1. The van der Waals surface area contributed by atoms with Gasteiger partial charge in [0.1, 0.15) is 11.9 Å². The van der Waals surface area contributed by atoms with E-state index < -0.39 is 5.97 Å². The molecule has 1 aromatic carbocycles. The van der Waals surface area contributed by atoms with Gasteiger partial charge in [0.15, 0.2) is 0 Å². The smallest absolute Gasteiger partial charge is 0.304 e. The molecule has 0 aromatic heterocycles. The third kappa shape index (κ3) is 1.73. The molecule has 15 heavy (non-hydrogen) atoms. The minimum atomic E-state index is -0.813. The van der Waals surface area contributed by atoms with Crippen molar-refractivity contribution in [3.05, 3.63) is 42.5 Å². The molecule has 1 aliphatic heterocycles. The zero-order valence-electron chi connectivity index (χ0n) is 8.22. The zero-order chi connectivity index (χ0) is 10.8. The van der Waals surface area contributed by atoms with Gasteiger partial charge in [-0.1, -0.05) is 30.9 Å². The normalized spacial score (nSPS) is 22.9. The Morgan fingerprint density at radius 1 is 1.53 bits per heavy atom. The average molecular weight is 204 g/mol. The van der Waals surface area contributed by atoms with Crippen LogP contribution in [0.3, 0.4) is 0 Å². The maximum absolute atomic E-state index is 10.7. The molecule has 0 saturated heterocycles. The topological polar surface area (TPSA) is 46.5 Å². The molecule has 1 aliphatic rings. The SMILES string of the molecule is C=CC1Oc2ccccc2C1CC(=O)O. The Morgan fingerprint density at radius 3 is 2.93 bits per heavy atom. The minimum absolute atomic E-state index is 0.0771. The molecule has 3 nitrogen and oxygen atoms in total. The Morgan fingerprint density at radius 2 is 2.27 bits per heavy atom. The first-order valence-electron chi connectivity index (χ1n) is 4.82. The van der Waals surface area contributed by atoms with E-state index in [4.69, 9.17) is 9.84 Å². The molecule has 0 amide bonds. The van der Waals surface area contributed by atoms with Gasteiger partial charge < -0.3 is 9.84 Å². The molecule has 2 atom stereocenters. The van der Waals surface area contributed by atoms with E-state index in [0.717, 1.165) is 11.3 Å². The maximum atomic E-state index is 10.7. The van der Waals surface area contributed by atoms with Crippen LogP contribution in [-0.2, 0) is 4.79 Å². The molecule has 1 N–H and O–H groups in total. The lowest BCUT2D eigenvalue weighted by Gasteiger charge is -2.12. The molecular weight excluding hydrogens is 192 g/mol. The highest BCUT2D eigenvalue weighted by molar-refractivity contribution is 5.69. The molecule has 0 saturated carbocycles. The van der Waals surface area contributed by atoms with Crippen LogP contribution in [0.4, 0.5) is 0 Å². The summed E-state index contributed by atoms with van der Waals surface area (Å²) in [5.74, 6) is -0.156. The Bertz CT molecular complexity index is 398. The molecule has 78 valence electrons. The van der Waals surface area contributed by atoms with Gasteiger partial charge in [0, 0.05) is 11.5 Å². The second kappa shape index (κ2) is 3.77. The average Bonchev–Trinajstić information content (AvgIpc) is 2.56. The summed E-state index contributed by atoms with van der Waals surface area (Å²) in [4.78, 5) is 10.7. The summed E-state index contributed by atoms with van der Waals surface area (Å²) in [5, 5.41) is 8.82. The Labute approximate surface area is 88.0 Å². The number of benzene rings is 1. The van der Waals surface area contributed by atoms with Gasteiger partial charge in [0.05, 0.1) is 6.42 Å². The van der Waals surface area contributed by atoms with Gasteiger partial charge in [-0.25, -0.2) is 0 Å². The second-order valence-electron chi connectivity index (χ2n) is 3.56. The molecule has 2 rings (SSSR count). The third-order valence-corrected chi connectivity index (χ3v) is 2.60. The number of carboxylic acids is 1. The van der Waals surface area contributed by atoms with Gasteiger partial charge in [-0.2, -0.15) is 0 Å². The molecular formula is C12H12O3. The molecule has 3 heteroatoms. The van der Waals surface area contributed by atoms with E-state index >= 15 is 0 Å². The highest BCUT2D eigenvalue weighted by Gasteiger charge is 2.33. The molecule has 1 aromatic rings. The lowest BCUT2D eigenvalue weighted by molar-refractivity contribution is -0.137. The number of hydrogen-bond donors (Lipinski definition) is 1. The summed E-state index contributed by atoms with van der Waals surface area (Å²) in [6.07, 6.45) is 1.51. The van der Waals surface area contributed by atoms with E-state index in [2.05, 4.69) is 6.58 Å². The molecule has 0 radical (unpaired) electrons. The van der Waals surface area contributed by atoms with Gasteiger partial charge in [0.25, 0.3) is 0 Å². The van der Waals surface area contributed by atoms with E-state index in [0.29, 0.717) is 0 Å². The predicted octanol–water partition coefficient (Wildman–Crippen LogP) is 2.19. The number of para-hydroxylation sites is 1. The van der Waals surface area contributed by atoms with Crippen LogP contribution in [0, 0.1) is 0 Å². The first-order valence-corrected chi connectivity index (χ1v) is 4.82. The summed E-state index contributed by atoms with van der Waals surface area (Å²) >= 11 is 0. The Hall–Kier alpha value is -1.77.